The second-order valence-electron chi connectivity index (χ2n) is 2.47. The van der Waals surface area contributed by atoms with Gasteiger partial charge < -0.3 is 4.74 Å². The van der Waals surface area contributed by atoms with Gasteiger partial charge >= 0.3 is 0 Å². The second-order valence-corrected chi connectivity index (χ2v) is 3.57. The molecule has 2 nitrogen and oxygen atoms in total. The van der Waals surface area contributed by atoms with Crippen LogP contribution in [0.25, 0.3) is 0 Å². The number of hydrogen-bond acceptors (Lipinski definition) is 3. The van der Waals surface area contributed by atoms with Crippen molar-refractivity contribution in [3.8, 4) is 6.07 Å². The fourth-order valence-electron chi connectivity index (χ4n) is 1.06. The number of thioether (sulfide) groups is 1. The van der Waals surface area contributed by atoms with Gasteiger partial charge in [-0.3, -0.25) is 0 Å². The van der Waals surface area contributed by atoms with Gasteiger partial charge in [-0.2, -0.15) is 17.0 Å². The molecule has 1 atom stereocenters. The Morgan fingerprint density at radius 1 is 1.70 bits per heavy atom. The zero-order valence-corrected chi connectivity index (χ0v) is 6.91. The largest absolute Gasteiger partial charge is 0.362 e. The van der Waals surface area contributed by atoms with Gasteiger partial charge in [-0.15, -0.1) is 0 Å². The smallest absolute Gasteiger partial charge is 0.162 e. The zero-order valence-electron chi connectivity index (χ0n) is 6.09. The molecule has 0 aliphatic carbocycles. The third-order valence-corrected chi connectivity index (χ3v) is 3.05. The number of ether oxygens (including phenoxy) is 1. The molecule has 0 bridgehead atoms. The Kier molecular flexibility index (Phi) is 2.58. The predicted octanol–water partition coefficient (Wildman–Crippen LogP) is 1.42. The Balaban J connectivity index is 2.55. The van der Waals surface area contributed by atoms with Crippen molar-refractivity contribution in [2.75, 3.05) is 18.6 Å². The van der Waals surface area contributed by atoms with Crippen LogP contribution in [0.5, 0.6) is 0 Å². The van der Waals surface area contributed by atoms with Crippen LogP contribution < -0.4 is 0 Å². The molecule has 0 amide bonds. The summed E-state index contributed by atoms with van der Waals surface area (Å²) < 4.78 is 5.15. The minimum atomic E-state index is -0.469. The molecule has 56 valence electrons. The van der Waals surface area contributed by atoms with Gasteiger partial charge in [0.25, 0.3) is 0 Å². The summed E-state index contributed by atoms with van der Waals surface area (Å²) in [5, 5.41) is 8.75. The standard InChI is InChI=1S/C7H11NOS/c1-9-7(5-8)3-2-4-10-6-7/h2-4,6H2,1H3. The highest BCUT2D eigenvalue weighted by atomic mass is 32.2. The molecule has 1 aliphatic rings. The molecule has 1 saturated heterocycles. The Morgan fingerprint density at radius 3 is 2.80 bits per heavy atom. The molecule has 0 spiro atoms. The van der Waals surface area contributed by atoms with Gasteiger partial charge in [0.1, 0.15) is 0 Å². The lowest BCUT2D eigenvalue weighted by Gasteiger charge is -2.28. The maximum absolute atomic E-state index is 8.75. The Labute approximate surface area is 65.6 Å². The third kappa shape index (κ3) is 1.44. The summed E-state index contributed by atoms with van der Waals surface area (Å²) in [5.41, 5.74) is -0.469. The Hall–Kier alpha value is -0.200. The van der Waals surface area contributed by atoms with Gasteiger partial charge in [-0.25, -0.2) is 0 Å². The number of rotatable bonds is 1. The van der Waals surface area contributed by atoms with E-state index in [1.54, 1.807) is 18.9 Å². The zero-order chi connectivity index (χ0) is 7.45. The molecule has 1 aliphatic heterocycles. The molecule has 3 heteroatoms. The van der Waals surface area contributed by atoms with Crippen molar-refractivity contribution in [2.24, 2.45) is 0 Å². The van der Waals surface area contributed by atoms with Gasteiger partial charge in [0.05, 0.1) is 6.07 Å². The molecule has 0 N–H and O–H groups in total. The first-order valence-electron chi connectivity index (χ1n) is 3.37. The van der Waals surface area contributed by atoms with Gasteiger partial charge in [-0.05, 0) is 18.6 Å². The van der Waals surface area contributed by atoms with E-state index in [1.807, 2.05) is 0 Å². The number of nitrogens with zero attached hydrogens (tertiary/aromatic N) is 1. The lowest BCUT2D eigenvalue weighted by Crippen LogP contribution is -2.35. The number of nitriles is 1. The molecule has 0 aromatic heterocycles. The van der Waals surface area contributed by atoms with Crippen LogP contribution in [0.1, 0.15) is 12.8 Å². The minimum absolute atomic E-state index is 0.469. The van der Waals surface area contributed by atoms with E-state index in [2.05, 4.69) is 6.07 Å². The van der Waals surface area contributed by atoms with Crippen molar-refractivity contribution < 1.29 is 4.74 Å². The van der Waals surface area contributed by atoms with E-state index in [-0.39, 0.29) is 0 Å². The Morgan fingerprint density at radius 2 is 2.50 bits per heavy atom. The van der Waals surface area contributed by atoms with E-state index in [4.69, 9.17) is 10.00 Å². The van der Waals surface area contributed by atoms with Crippen LogP contribution in [0.4, 0.5) is 0 Å². The summed E-state index contributed by atoms with van der Waals surface area (Å²) >= 11 is 1.80. The van der Waals surface area contributed by atoms with Crippen LogP contribution in [-0.2, 0) is 4.74 Å². The minimum Gasteiger partial charge on any atom is -0.362 e. The molecule has 1 rings (SSSR count). The van der Waals surface area contributed by atoms with E-state index in [9.17, 15) is 0 Å². The fourth-order valence-corrected chi connectivity index (χ4v) is 2.21. The van der Waals surface area contributed by atoms with Crippen LogP contribution in [0.15, 0.2) is 0 Å². The monoisotopic (exact) mass is 157 g/mol. The van der Waals surface area contributed by atoms with Crippen molar-refractivity contribution in [3.05, 3.63) is 0 Å². The maximum Gasteiger partial charge on any atom is 0.162 e. The molecular weight excluding hydrogens is 146 g/mol. The first-order valence-corrected chi connectivity index (χ1v) is 4.53. The Bertz CT molecular complexity index is 146. The number of hydrogen-bond donors (Lipinski definition) is 0. The molecule has 1 unspecified atom stereocenters. The highest BCUT2D eigenvalue weighted by Gasteiger charge is 2.31. The predicted molar refractivity (Wildman–Crippen MR) is 41.9 cm³/mol. The molecule has 10 heavy (non-hydrogen) atoms. The summed E-state index contributed by atoms with van der Waals surface area (Å²) in [6.45, 7) is 0. The molecule has 0 radical (unpaired) electrons. The molecular formula is C7H11NOS. The highest BCUT2D eigenvalue weighted by Crippen LogP contribution is 2.28. The maximum atomic E-state index is 8.75. The van der Waals surface area contributed by atoms with Gasteiger partial charge in [0.15, 0.2) is 5.60 Å². The first kappa shape index (κ1) is 7.90. The fraction of sp³-hybridized carbons (Fsp3) is 0.857. The van der Waals surface area contributed by atoms with Crippen LogP contribution in [0.2, 0.25) is 0 Å². The lowest BCUT2D eigenvalue weighted by molar-refractivity contribution is 0.0496. The van der Waals surface area contributed by atoms with Crippen molar-refractivity contribution in [3.63, 3.8) is 0 Å². The highest BCUT2D eigenvalue weighted by molar-refractivity contribution is 7.99. The SMILES string of the molecule is COC1(C#N)CCCSC1. The molecule has 1 heterocycles. The van der Waals surface area contributed by atoms with Crippen molar-refractivity contribution in [1.82, 2.24) is 0 Å². The molecule has 0 saturated carbocycles. The quantitative estimate of drug-likeness (QED) is 0.577. The van der Waals surface area contributed by atoms with Crippen LogP contribution in [-0.4, -0.2) is 24.2 Å². The topological polar surface area (TPSA) is 33.0 Å². The average molecular weight is 157 g/mol. The molecule has 0 aromatic rings. The third-order valence-electron chi connectivity index (χ3n) is 1.80. The molecule has 1 fully saturated rings. The lowest BCUT2D eigenvalue weighted by atomic mass is 10.0. The average Bonchev–Trinajstić information content (AvgIpc) is 2.06. The van der Waals surface area contributed by atoms with Gasteiger partial charge in [0.2, 0.25) is 0 Å². The van der Waals surface area contributed by atoms with Crippen molar-refractivity contribution >= 4 is 11.8 Å². The van der Waals surface area contributed by atoms with Crippen LogP contribution in [0, 0.1) is 11.3 Å². The van der Waals surface area contributed by atoms with E-state index >= 15 is 0 Å². The summed E-state index contributed by atoms with van der Waals surface area (Å²) in [5.74, 6) is 2.01. The van der Waals surface area contributed by atoms with Crippen LogP contribution >= 0.6 is 11.8 Å². The number of methoxy groups -OCH3 is 1. The van der Waals surface area contributed by atoms with E-state index < -0.39 is 5.60 Å². The second kappa shape index (κ2) is 3.27. The van der Waals surface area contributed by atoms with Crippen molar-refractivity contribution in [2.45, 2.75) is 18.4 Å². The summed E-state index contributed by atoms with van der Waals surface area (Å²) in [6, 6.07) is 2.22. The van der Waals surface area contributed by atoms with Crippen LogP contribution in [0.3, 0.4) is 0 Å². The van der Waals surface area contributed by atoms with Gasteiger partial charge in [-0.1, -0.05) is 0 Å². The van der Waals surface area contributed by atoms with E-state index in [0.29, 0.717) is 0 Å². The van der Waals surface area contributed by atoms with E-state index in [0.717, 1.165) is 18.6 Å². The molecule has 0 aromatic carbocycles. The summed E-state index contributed by atoms with van der Waals surface area (Å²) in [4.78, 5) is 0. The normalized spacial score (nSPS) is 33.2. The first-order chi connectivity index (χ1) is 4.83. The summed E-state index contributed by atoms with van der Waals surface area (Å²) in [7, 11) is 1.62. The van der Waals surface area contributed by atoms with Crippen molar-refractivity contribution in [1.29, 1.82) is 5.26 Å². The summed E-state index contributed by atoms with van der Waals surface area (Å²) in [6.07, 6.45) is 2.00. The van der Waals surface area contributed by atoms with E-state index in [1.165, 1.54) is 5.75 Å². The van der Waals surface area contributed by atoms with Gasteiger partial charge in [0, 0.05) is 12.9 Å².